The van der Waals surface area contributed by atoms with Crippen LogP contribution in [0.25, 0.3) is 0 Å². The average Bonchev–Trinajstić information content (AvgIpc) is 3.63. The van der Waals surface area contributed by atoms with Gasteiger partial charge in [0.25, 0.3) is 0 Å². The normalized spacial score (nSPS) is 20.4. The van der Waals surface area contributed by atoms with Gasteiger partial charge in [-0.15, -0.1) is 0 Å². The van der Waals surface area contributed by atoms with E-state index in [1.54, 1.807) is 0 Å². The molecule has 2 heterocycles. The lowest BCUT2D eigenvalue weighted by molar-refractivity contribution is -0.143. The Balaban J connectivity index is 1.22. The van der Waals surface area contributed by atoms with E-state index in [1.807, 2.05) is 24.5 Å². The van der Waals surface area contributed by atoms with E-state index >= 15 is 0 Å². The van der Waals surface area contributed by atoms with Crippen molar-refractivity contribution in [2.45, 2.75) is 101 Å². The minimum atomic E-state index is -0.211. The summed E-state index contributed by atoms with van der Waals surface area (Å²) in [6.45, 7) is 5.29. The highest BCUT2D eigenvalue weighted by Crippen LogP contribution is 2.41. The molecule has 1 saturated heterocycles. The summed E-state index contributed by atoms with van der Waals surface area (Å²) in [5.41, 5.74) is 3.65. The lowest BCUT2D eigenvalue weighted by Gasteiger charge is -2.35. The topological polar surface area (TPSA) is 52.6 Å². The minimum Gasteiger partial charge on any atom is -0.501 e. The molecule has 2 aliphatic heterocycles. The largest absolute Gasteiger partial charge is 0.501 e. The Morgan fingerprint density at radius 3 is 2.03 bits per heavy atom. The molecule has 2 aromatic rings. The maximum atomic E-state index is 12.7. The van der Waals surface area contributed by atoms with Gasteiger partial charge in [-0.1, -0.05) is 87.4 Å². The van der Waals surface area contributed by atoms with Crippen LogP contribution in [0.15, 0.2) is 72.5 Å². The molecule has 1 fully saturated rings. The van der Waals surface area contributed by atoms with Crippen LogP contribution in [-0.4, -0.2) is 24.5 Å². The zero-order chi connectivity index (χ0) is 26.1. The summed E-state index contributed by atoms with van der Waals surface area (Å²) >= 11 is 0. The van der Waals surface area contributed by atoms with E-state index in [9.17, 15) is 9.59 Å². The molecule has 3 atom stereocenters. The van der Waals surface area contributed by atoms with Gasteiger partial charge < -0.3 is 9.47 Å². The Bertz CT molecular complexity index is 1060. The fraction of sp³-hybridized carbons (Fsp3) is 0.515. The lowest BCUT2D eigenvalue weighted by Crippen LogP contribution is -2.36. The van der Waals surface area contributed by atoms with E-state index < -0.39 is 0 Å². The third-order valence-electron chi connectivity index (χ3n) is 8.65. The fourth-order valence-corrected chi connectivity index (χ4v) is 6.11. The smallest absolute Gasteiger partial charge is 0.306 e. The first-order valence-electron chi connectivity index (χ1n) is 14.1. The SMILES string of the molecule is CC(CCCCC(=O)CCCCC(C)(c1ccccc1)C1CCC(=O)O1)(C1=COCC1)c1ccccc1. The summed E-state index contributed by atoms with van der Waals surface area (Å²) in [5, 5.41) is 0. The maximum absolute atomic E-state index is 12.7. The molecule has 0 bridgehead atoms. The van der Waals surface area contributed by atoms with E-state index in [0.29, 0.717) is 25.0 Å². The zero-order valence-electron chi connectivity index (χ0n) is 22.5. The number of carbonyl (C=O) groups is 2. The van der Waals surface area contributed by atoms with Gasteiger partial charge in [0, 0.05) is 36.5 Å². The highest BCUT2D eigenvalue weighted by molar-refractivity contribution is 5.78. The number of rotatable bonds is 14. The number of ether oxygens (including phenoxy) is 2. The number of ketones is 1. The van der Waals surface area contributed by atoms with Gasteiger partial charge in [0.15, 0.2) is 0 Å². The quantitative estimate of drug-likeness (QED) is 0.197. The minimum absolute atomic E-state index is 0.0353. The highest BCUT2D eigenvalue weighted by atomic mass is 16.6. The van der Waals surface area contributed by atoms with Crippen molar-refractivity contribution < 1.29 is 19.1 Å². The molecule has 2 aliphatic rings. The number of hydrogen-bond acceptors (Lipinski definition) is 4. The molecule has 0 aromatic heterocycles. The molecule has 0 N–H and O–H groups in total. The Kier molecular flexibility index (Phi) is 9.23. The first kappa shape index (κ1) is 27.2. The third-order valence-corrected chi connectivity index (χ3v) is 8.65. The zero-order valence-corrected chi connectivity index (χ0v) is 22.5. The highest BCUT2D eigenvalue weighted by Gasteiger charge is 2.41. The summed E-state index contributed by atoms with van der Waals surface area (Å²) in [7, 11) is 0. The number of hydrogen-bond donors (Lipinski definition) is 0. The number of Topliss-reactive ketones (excluding diaryl/α,β-unsaturated/α-hetero) is 1. The Morgan fingerprint density at radius 2 is 1.46 bits per heavy atom. The maximum Gasteiger partial charge on any atom is 0.306 e. The van der Waals surface area contributed by atoms with E-state index in [4.69, 9.17) is 9.47 Å². The summed E-state index contributed by atoms with van der Waals surface area (Å²) in [5.74, 6) is 0.265. The summed E-state index contributed by atoms with van der Waals surface area (Å²) in [4.78, 5) is 24.5. The van der Waals surface area contributed by atoms with Crippen LogP contribution in [0.3, 0.4) is 0 Å². The first-order chi connectivity index (χ1) is 17.9. The van der Waals surface area contributed by atoms with Crippen LogP contribution in [0.2, 0.25) is 0 Å². The molecular formula is C33H42O4. The first-order valence-corrected chi connectivity index (χ1v) is 14.1. The second-order valence-corrected chi connectivity index (χ2v) is 11.2. The molecule has 0 spiro atoms. The molecule has 4 rings (SSSR count). The molecule has 0 radical (unpaired) electrons. The van der Waals surface area contributed by atoms with Crippen molar-refractivity contribution in [3.8, 4) is 0 Å². The van der Waals surface area contributed by atoms with Crippen molar-refractivity contribution in [3.05, 3.63) is 83.6 Å². The molecule has 4 heteroatoms. The number of unbranched alkanes of at least 4 members (excludes halogenated alkanes) is 2. The second-order valence-electron chi connectivity index (χ2n) is 11.2. The summed E-state index contributed by atoms with van der Waals surface area (Å²) in [6, 6.07) is 21.1. The van der Waals surface area contributed by atoms with Crippen LogP contribution in [0, 0.1) is 0 Å². The molecule has 0 aliphatic carbocycles. The summed E-state index contributed by atoms with van der Waals surface area (Å²) in [6.07, 6.45) is 11.1. The van der Waals surface area contributed by atoms with Crippen molar-refractivity contribution in [1.29, 1.82) is 0 Å². The molecule has 3 unspecified atom stereocenters. The van der Waals surface area contributed by atoms with Gasteiger partial charge in [-0.05, 0) is 48.8 Å². The Hall–Kier alpha value is -2.88. The van der Waals surface area contributed by atoms with E-state index in [-0.39, 0.29) is 22.9 Å². The number of cyclic esters (lactones) is 1. The molecule has 0 amide bonds. The summed E-state index contributed by atoms with van der Waals surface area (Å²) < 4.78 is 11.3. The standard InChI is InChI=1S/C33H42O4/c1-32(28-21-24-36-25-28,26-13-5-3-6-14-26)22-11-9-17-29(34)18-10-12-23-33(2,27-15-7-4-8-16-27)30-19-20-31(35)37-30/h3-8,13-16,25,30H,9-12,17-24H2,1-2H3. The van der Waals surface area contributed by atoms with Gasteiger partial charge >= 0.3 is 5.97 Å². The third kappa shape index (κ3) is 6.71. The number of esters is 1. The van der Waals surface area contributed by atoms with Crippen LogP contribution >= 0.6 is 0 Å². The van der Waals surface area contributed by atoms with Crippen molar-refractivity contribution in [3.63, 3.8) is 0 Å². The predicted molar refractivity (Wildman–Crippen MR) is 147 cm³/mol. The molecular weight excluding hydrogens is 460 g/mol. The molecule has 37 heavy (non-hydrogen) atoms. The lowest BCUT2D eigenvalue weighted by atomic mass is 9.72. The molecule has 4 nitrogen and oxygen atoms in total. The monoisotopic (exact) mass is 502 g/mol. The van der Waals surface area contributed by atoms with Crippen LogP contribution < -0.4 is 0 Å². The fourth-order valence-electron chi connectivity index (χ4n) is 6.11. The van der Waals surface area contributed by atoms with Gasteiger partial charge in [-0.25, -0.2) is 0 Å². The van der Waals surface area contributed by atoms with Gasteiger partial charge in [0.05, 0.1) is 12.9 Å². The Morgan fingerprint density at radius 1 is 0.838 bits per heavy atom. The van der Waals surface area contributed by atoms with Crippen LogP contribution in [0.4, 0.5) is 0 Å². The predicted octanol–water partition coefficient (Wildman–Crippen LogP) is 7.60. The van der Waals surface area contributed by atoms with Crippen molar-refractivity contribution in [1.82, 2.24) is 0 Å². The second kappa shape index (κ2) is 12.6. The van der Waals surface area contributed by atoms with Crippen molar-refractivity contribution >= 4 is 11.8 Å². The average molecular weight is 503 g/mol. The van der Waals surface area contributed by atoms with E-state index in [1.165, 1.54) is 16.7 Å². The number of benzene rings is 2. The van der Waals surface area contributed by atoms with Gasteiger partial charge in [-0.3, -0.25) is 9.59 Å². The van der Waals surface area contributed by atoms with Crippen LogP contribution in [0.1, 0.15) is 95.6 Å². The van der Waals surface area contributed by atoms with Crippen LogP contribution in [-0.2, 0) is 29.9 Å². The van der Waals surface area contributed by atoms with Crippen molar-refractivity contribution in [2.75, 3.05) is 6.61 Å². The van der Waals surface area contributed by atoms with Gasteiger partial charge in [0.1, 0.15) is 11.9 Å². The molecule has 198 valence electrons. The van der Waals surface area contributed by atoms with E-state index in [0.717, 1.165) is 58.0 Å². The van der Waals surface area contributed by atoms with E-state index in [2.05, 4.69) is 56.3 Å². The molecule has 0 saturated carbocycles. The van der Waals surface area contributed by atoms with Crippen LogP contribution in [0.5, 0.6) is 0 Å². The van der Waals surface area contributed by atoms with Gasteiger partial charge in [0.2, 0.25) is 0 Å². The Labute approximate surface area is 222 Å². The van der Waals surface area contributed by atoms with Gasteiger partial charge in [-0.2, -0.15) is 0 Å². The number of carbonyl (C=O) groups excluding carboxylic acids is 2. The van der Waals surface area contributed by atoms with Crippen molar-refractivity contribution in [2.24, 2.45) is 0 Å². The molecule has 2 aromatic carbocycles.